The second kappa shape index (κ2) is 7.97. The third-order valence-electron chi connectivity index (χ3n) is 3.47. The first kappa shape index (κ1) is 19.0. The van der Waals surface area contributed by atoms with Gasteiger partial charge in [-0.05, 0) is 37.0 Å². The van der Waals surface area contributed by atoms with Crippen molar-refractivity contribution >= 4 is 29.2 Å². The fourth-order valence-electron chi connectivity index (χ4n) is 2.38. The van der Waals surface area contributed by atoms with E-state index < -0.39 is 23.5 Å². The molecule has 0 unspecified atom stereocenters. The maximum Gasteiger partial charge on any atom is 0.352 e. The van der Waals surface area contributed by atoms with Crippen LogP contribution < -0.4 is 4.90 Å². The number of carbonyl (C=O) groups is 2. The molecule has 0 amide bonds. The first-order chi connectivity index (χ1) is 10.8. The minimum atomic E-state index is -1.38. The van der Waals surface area contributed by atoms with Crippen molar-refractivity contribution < 1.29 is 24.2 Å². The van der Waals surface area contributed by atoms with Crippen LogP contribution in [0.15, 0.2) is 17.8 Å². The molecule has 0 saturated carbocycles. The van der Waals surface area contributed by atoms with E-state index in [0.29, 0.717) is 35.7 Å². The molecule has 0 aromatic heterocycles. The number of aliphatic carboxylic acids is 2. The van der Waals surface area contributed by atoms with E-state index in [2.05, 4.69) is 0 Å². The third kappa shape index (κ3) is 4.01. The molecule has 0 aliphatic carbocycles. The summed E-state index contributed by atoms with van der Waals surface area (Å²) in [5.74, 6) is -3.28. The predicted molar refractivity (Wildman–Crippen MR) is 86.5 cm³/mol. The molecule has 0 heterocycles. The lowest BCUT2D eigenvalue weighted by Crippen LogP contribution is -2.29. The van der Waals surface area contributed by atoms with Crippen LogP contribution in [0.3, 0.4) is 0 Å². The first-order valence-electron chi connectivity index (χ1n) is 7.23. The Bertz CT molecular complexity index is 658. The van der Waals surface area contributed by atoms with Crippen LogP contribution in [0.5, 0.6) is 0 Å². The zero-order valence-corrected chi connectivity index (χ0v) is 13.9. The van der Waals surface area contributed by atoms with Crippen molar-refractivity contribution in [3.8, 4) is 0 Å². The molecule has 0 aliphatic heterocycles. The summed E-state index contributed by atoms with van der Waals surface area (Å²) in [6.45, 7) is 5.40. The fraction of sp³-hybridized carbons (Fsp3) is 0.375. The van der Waals surface area contributed by atoms with E-state index in [9.17, 15) is 19.1 Å². The molecule has 1 rings (SSSR count). The Labute approximate surface area is 139 Å². The highest BCUT2D eigenvalue weighted by Gasteiger charge is 2.24. The Kier molecular flexibility index (Phi) is 6.57. The Morgan fingerprint density at radius 2 is 1.87 bits per heavy atom. The molecule has 7 heteroatoms. The summed E-state index contributed by atoms with van der Waals surface area (Å²) in [5.41, 5.74) is 0.800. The number of hydrogen-bond acceptors (Lipinski definition) is 3. The maximum atomic E-state index is 14.2. The molecule has 2 N–H and O–H groups in total. The van der Waals surface area contributed by atoms with Crippen molar-refractivity contribution in [2.45, 2.75) is 33.6 Å². The van der Waals surface area contributed by atoms with E-state index in [1.165, 1.54) is 11.0 Å². The van der Waals surface area contributed by atoms with Gasteiger partial charge >= 0.3 is 11.9 Å². The highest BCUT2D eigenvalue weighted by molar-refractivity contribution is 6.32. The molecule has 0 radical (unpaired) electrons. The average Bonchev–Trinajstić information content (AvgIpc) is 2.49. The largest absolute Gasteiger partial charge is 0.478 e. The van der Waals surface area contributed by atoms with Crippen LogP contribution in [-0.4, -0.2) is 28.7 Å². The molecule has 23 heavy (non-hydrogen) atoms. The lowest BCUT2D eigenvalue weighted by Gasteiger charge is -2.27. The molecule has 1 aromatic rings. The molecule has 0 saturated heterocycles. The number of nitrogens with zero attached hydrogens (tertiary/aromatic N) is 1. The van der Waals surface area contributed by atoms with Crippen molar-refractivity contribution in [2.24, 2.45) is 0 Å². The topological polar surface area (TPSA) is 77.8 Å². The first-order valence-corrected chi connectivity index (χ1v) is 7.61. The van der Waals surface area contributed by atoms with Gasteiger partial charge in [0.2, 0.25) is 0 Å². The molecule has 0 spiro atoms. The van der Waals surface area contributed by atoms with Gasteiger partial charge in [0.15, 0.2) is 0 Å². The van der Waals surface area contributed by atoms with Crippen molar-refractivity contribution in [3.05, 3.63) is 39.8 Å². The molecule has 0 atom stereocenters. The molecule has 0 bridgehead atoms. The number of hydrogen-bond donors (Lipinski definition) is 2. The minimum absolute atomic E-state index is 0.0552. The Balaban J connectivity index is 3.66. The van der Waals surface area contributed by atoms with Gasteiger partial charge in [-0.3, -0.25) is 0 Å². The van der Waals surface area contributed by atoms with Gasteiger partial charge in [0.05, 0.1) is 11.1 Å². The summed E-state index contributed by atoms with van der Waals surface area (Å²) in [5, 5.41) is 18.2. The fourth-order valence-corrected chi connectivity index (χ4v) is 2.73. The van der Waals surface area contributed by atoms with Crippen LogP contribution in [-0.2, 0) is 22.4 Å². The number of carboxylic acid groups (broad SMARTS) is 2. The van der Waals surface area contributed by atoms with Gasteiger partial charge in [-0.25, -0.2) is 14.0 Å². The molecule has 1 aromatic carbocycles. The quantitative estimate of drug-likeness (QED) is 0.741. The molecule has 5 nitrogen and oxygen atoms in total. The van der Waals surface area contributed by atoms with Crippen molar-refractivity contribution in [1.82, 2.24) is 0 Å². The standard InChI is InChI=1S/C16H19ClFNO4/c1-4-9-7-11(10(5-2)14(17)15(9)18)19(6-3)12(16(22)23)8-13(20)21/h7-8H,4-6H2,1-3H3,(H,20,21)(H,22,23)/b12-8-. The Morgan fingerprint density at radius 1 is 1.26 bits per heavy atom. The number of aryl methyl sites for hydroxylation is 1. The summed E-state index contributed by atoms with van der Waals surface area (Å²) in [6.07, 6.45) is 1.38. The predicted octanol–water partition coefficient (Wildman–Crippen LogP) is 3.48. The van der Waals surface area contributed by atoms with E-state index in [-0.39, 0.29) is 11.6 Å². The molecule has 0 fully saturated rings. The van der Waals surface area contributed by atoms with E-state index >= 15 is 0 Å². The molecular weight excluding hydrogens is 325 g/mol. The van der Waals surface area contributed by atoms with Gasteiger partial charge in [0.1, 0.15) is 11.5 Å². The summed E-state index contributed by atoms with van der Waals surface area (Å²) in [7, 11) is 0. The Morgan fingerprint density at radius 3 is 2.26 bits per heavy atom. The Hall–Kier alpha value is -2.08. The number of anilines is 1. The zero-order valence-electron chi connectivity index (χ0n) is 13.2. The van der Waals surface area contributed by atoms with Crippen LogP contribution in [0.4, 0.5) is 10.1 Å². The summed E-state index contributed by atoms with van der Waals surface area (Å²) in [4.78, 5) is 23.7. The molecule has 126 valence electrons. The van der Waals surface area contributed by atoms with Gasteiger partial charge in [-0.1, -0.05) is 25.4 Å². The van der Waals surface area contributed by atoms with Crippen molar-refractivity contribution in [1.29, 1.82) is 0 Å². The smallest absolute Gasteiger partial charge is 0.352 e. The van der Waals surface area contributed by atoms with E-state index in [0.717, 1.165) is 0 Å². The third-order valence-corrected chi connectivity index (χ3v) is 3.87. The SMILES string of the molecule is CCc1cc(N(CC)/C(=C\C(=O)O)C(=O)O)c(CC)c(Cl)c1F. The highest BCUT2D eigenvalue weighted by Crippen LogP contribution is 2.35. The average molecular weight is 344 g/mol. The maximum absolute atomic E-state index is 14.2. The van der Waals surface area contributed by atoms with Crippen molar-refractivity contribution in [2.75, 3.05) is 11.4 Å². The number of likely N-dealkylation sites (N-methyl/N-ethyl adjacent to an activating group) is 1. The second-order valence-corrected chi connectivity index (χ2v) is 5.16. The van der Waals surface area contributed by atoms with E-state index in [4.69, 9.17) is 16.7 Å². The van der Waals surface area contributed by atoms with E-state index in [1.807, 2.05) is 0 Å². The summed E-state index contributed by atoms with van der Waals surface area (Å²) >= 11 is 6.09. The number of carboxylic acids is 2. The van der Waals surface area contributed by atoms with Gasteiger partial charge in [-0.2, -0.15) is 0 Å². The van der Waals surface area contributed by atoms with Crippen LogP contribution in [0.25, 0.3) is 0 Å². The molecular formula is C16H19ClFNO4. The van der Waals surface area contributed by atoms with Crippen LogP contribution >= 0.6 is 11.6 Å². The van der Waals surface area contributed by atoms with Gasteiger partial charge < -0.3 is 15.1 Å². The second-order valence-electron chi connectivity index (χ2n) is 4.79. The summed E-state index contributed by atoms with van der Waals surface area (Å²) < 4.78 is 14.2. The van der Waals surface area contributed by atoms with Crippen LogP contribution in [0.2, 0.25) is 5.02 Å². The zero-order chi connectivity index (χ0) is 17.7. The number of halogens is 2. The van der Waals surface area contributed by atoms with Gasteiger partial charge in [0.25, 0.3) is 0 Å². The number of rotatable bonds is 7. The van der Waals surface area contributed by atoms with Gasteiger partial charge in [0, 0.05) is 12.2 Å². The highest BCUT2D eigenvalue weighted by atomic mass is 35.5. The monoisotopic (exact) mass is 343 g/mol. The minimum Gasteiger partial charge on any atom is -0.478 e. The van der Waals surface area contributed by atoms with Crippen molar-refractivity contribution in [3.63, 3.8) is 0 Å². The normalized spacial score (nSPS) is 11.4. The van der Waals surface area contributed by atoms with Crippen LogP contribution in [0.1, 0.15) is 31.9 Å². The van der Waals surface area contributed by atoms with E-state index in [1.54, 1.807) is 20.8 Å². The lowest BCUT2D eigenvalue weighted by molar-refractivity contribution is -0.135. The lowest BCUT2D eigenvalue weighted by atomic mass is 10.0. The van der Waals surface area contributed by atoms with Gasteiger partial charge in [-0.15, -0.1) is 0 Å². The number of benzene rings is 1. The molecule has 0 aliphatic rings. The van der Waals surface area contributed by atoms with Crippen LogP contribution in [0, 0.1) is 5.82 Å². The summed E-state index contributed by atoms with van der Waals surface area (Å²) in [6, 6.07) is 1.53.